The van der Waals surface area contributed by atoms with Crippen molar-refractivity contribution in [1.29, 1.82) is 0 Å². The van der Waals surface area contributed by atoms with Crippen LogP contribution in [0, 0.1) is 10.1 Å². The molecule has 132 valence electrons. The van der Waals surface area contributed by atoms with Crippen molar-refractivity contribution in [2.45, 2.75) is 6.42 Å². The van der Waals surface area contributed by atoms with Gasteiger partial charge in [-0.15, -0.1) is 0 Å². The van der Waals surface area contributed by atoms with Crippen LogP contribution in [-0.4, -0.2) is 28.4 Å². The summed E-state index contributed by atoms with van der Waals surface area (Å²) < 4.78 is 4.98. The van der Waals surface area contributed by atoms with E-state index in [1.165, 1.54) is 24.3 Å². The van der Waals surface area contributed by atoms with Crippen LogP contribution in [0.25, 0.3) is 10.9 Å². The fourth-order valence-electron chi connectivity index (χ4n) is 2.52. The fraction of sp³-hybridized carbons (Fsp3) is 0.111. The largest absolute Gasteiger partial charge is 0.455 e. The SMILES string of the molecule is O=C(COC(=O)Cc1c[nH]c2ccccc12)Nc1cccc([N+](=O)[O-])c1. The van der Waals surface area contributed by atoms with E-state index in [1.807, 2.05) is 24.3 Å². The molecule has 0 spiro atoms. The van der Waals surface area contributed by atoms with Gasteiger partial charge in [0.1, 0.15) is 0 Å². The highest BCUT2D eigenvalue weighted by Gasteiger charge is 2.13. The summed E-state index contributed by atoms with van der Waals surface area (Å²) in [6, 6.07) is 13.1. The molecule has 0 fully saturated rings. The Morgan fingerprint density at radius 2 is 1.96 bits per heavy atom. The number of para-hydroxylation sites is 1. The van der Waals surface area contributed by atoms with Gasteiger partial charge >= 0.3 is 5.97 Å². The van der Waals surface area contributed by atoms with Gasteiger partial charge in [-0.2, -0.15) is 0 Å². The molecule has 0 saturated carbocycles. The third-order valence-corrected chi connectivity index (χ3v) is 3.71. The zero-order chi connectivity index (χ0) is 18.5. The molecule has 0 atom stereocenters. The van der Waals surface area contributed by atoms with Gasteiger partial charge in [-0.05, 0) is 17.7 Å². The van der Waals surface area contributed by atoms with Crippen molar-refractivity contribution >= 4 is 34.2 Å². The van der Waals surface area contributed by atoms with Gasteiger partial charge in [0.15, 0.2) is 6.61 Å². The second-order valence-corrected chi connectivity index (χ2v) is 5.55. The maximum atomic E-state index is 11.9. The van der Waals surface area contributed by atoms with Crippen LogP contribution < -0.4 is 5.32 Å². The van der Waals surface area contributed by atoms with Crippen molar-refractivity contribution < 1.29 is 19.2 Å². The lowest BCUT2D eigenvalue weighted by atomic mass is 10.1. The number of carbonyl (C=O) groups is 2. The number of aromatic amines is 1. The maximum Gasteiger partial charge on any atom is 0.310 e. The van der Waals surface area contributed by atoms with Crippen LogP contribution in [0.5, 0.6) is 0 Å². The number of non-ortho nitro benzene ring substituents is 1. The number of rotatable bonds is 6. The van der Waals surface area contributed by atoms with Crippen molar-refractivity contribution in [3.05, 3.63) is 70.4 Å². The van der Waals surface area contributed by atoms with Crippen LogP contribution in [0.15, 0.2) is 54.7 Å². The van der Waals surface area contributed by atoms with E-state index in [4.69, 9.17) is 4.74 Å². The first-order valence-electron chi connectivity index (χ1n) is 7.78. The van der Waals surface area contributed by atoms with Gasteiger partial charge < -0.3 is 15.0 Å². The first kappa shape index (κ1) is 17.2. The molecule has 2 N–H and O–H groups in total. The van der Waals surface area contributed by atoms with Gasteiger partial charge in [-0.25, -0.2) is 0 Å². The Morgan fingerprint density at radius 1 is 1.15 bits per heavy atom. The van der Waals surface area contributed by atoms with Crippen molar-refractivity contribution in [3.8, 4) is 0 Å². The number of nitrogens with one attached hydrogen (secondary N) is 2. The van der Waals surface area contributed by atoms with Gasteiger partial charge in [-0.1, -0.05) is 24.3 Å². The first-order valence-corrected chi connectivity index (χ1v) is 7.78. The second-order valence-electron chi connectivity index (χ2n) is 5.55. The second kappa shape index (κ2) is 7.47. The molecule has 0 saturated heterocycles. The van der Waals surface area contributed by atoms with Gasteiger partial charge in [0.25, 0.3) is 11.6 Å². The number of anilines is 1. The molecule has 0 unspecified atom stereocenters. The standard InChI is InChI=1S/C18H15N3O5/c22-17(20-13-4-3-5-14(9-13)21(24)25)11-26-18(23)8-12-10-19-16-7-2-1-6-15(12)16/h1-7,9-10,19H,8,11H2,(H,20,22). The fourth-order valence-corrected chi connectivity index (χ4v) is 2.52. The topological polar surface area (TPSA) is 114 Å². The molecule has 3 aromatic rings. The van der Waals surface area contributed by atoms with Gasteiger partial charge in [0.2, 0.25) is 0 Å². The number of amides is 1. The van der Waals surface area contributed by atoms with Crippen LogP contribution in [-0.2, 0) is 20.7 Å². The molecular formula is C18H15N3O5. The van der Waals surface area contributed by atoms with Crippen molar-refractivity contribution in [2.75, 3.05) is 11.9 Å². The number of fused-ring (bicyclic) bond motifs is 1. The summed E-state index contributed by atoms with van der Waals surface area (Å²) in [4.78, 5) is 37.0. The minimum Gasteiger partial charge on any atom is -0.455 e. The molecule has 1 aromatic heterocycles. The number of nitrogens with zero attached hydrogens (tertiary/aromatic N) is 1. The zero-order valence-corrected chi connectivity index (χ0v) is 13.6. The lowest BCUT2D eigenvalue weighted by Gasteiger charge is -2.06. The average Bonchev–Trinajstić information content (AvgIpc) is 3.03. The molecule has 0 aliphatic heterocycles. The number of H-pyrrole nitrogens is 1. The van der Waals surface area contributed by atoms with Crippen molar-refractivity contribution in [1.82, 2.24) is 4.98 Å². The number of esters is 1. The number of aromatic nitrogens is 1. The van der Waals surface area contributed by atoms with Crippen LogP contribution in [0.1, 0.15) is 5.56 Å². The molecule has 26 heavy (non-hydrogen) atoms. The molecule has 2 aromatic carbocycles. The number of carbonyl (C=O) groups excluding carboxylic acids is 2. The zero-order valence-electron chi connectivity index (χ0n) is 13.6. The van der Waals surface area contributed by atoms with E-state index in [0.29, 0.717) is 0 Å². The number of benzene rings is 2. The molecule has 8 nitrogen and oxygen atoms in total. The molecule has 1 amide bonds. The summed E-state index contributed by atoms with van der Waals surface area (Å²) in [6.07, 6.45) is 1.77. The van der Waals surface area contributed by atoms with E-state index in [2.05, 4.69) is 10.3 Å². The van der Waals surface area contributed by atoms with E-state index in [-0.39, 0.29) is 17.8 Å². The molecule has 0 bridgehead atoms. The minimum absolute atomic E-state index is 0.0358. The lowest BCUT2D eigenvalue weighted by Crippen LogP contribution is -2.21. The van der Waals surface area contributed by atoms with Gasteiger partial charge in [0, 0.05) is 34.9 Å². The Kier molecular flexibility index (Phi) is 4.93. The predicted octanol–water partition coefficient (Wildman–Crippen LogP) is 2.80. The maximum absolute atomic E-state index is 11.9. The summed E-state index contributed by atoms with van der Waals surface area (Å²) in [5.41, 5.74) is 1.82. The Morgan fingerprint density at radius 3 is 2.77 bits per heavy atom. The molecule has 1 heterocycles. The van der Waals surface area contributed by atoms with Crippen molar-refractivity contribution in [3.63, 3.8) is 0 Å². The van der Waals surface area contributed by atoms with E-state index in [1.54, 1.807) is 6.20 Å². The summed E-state index contributed by atoms with van der Waals surface area (Å²) >= 11 is 0. The summed E-state index contributed by atoms with van der Waals surface area (Å²) in [7, 11) is 0. The van der Waals surface area contributed by atoms with E-state index in [0.717, 1.165) is 16.5 Å². The van der Waals surface area contributed by atoms with E-state index >= 15 is 0 Å². The summed E-state index contributed by atoms with van der Waals surface area (Å²) in [5.74, 6) is -1.11. The Labute approximate surface area is 147 Å². The summed E-state index contributed by atoms with van der Waals surface area (Å²) in [5, 5.41) is 14.1. The normalized spacial score (nSPS) is 10.5. The third kappa shape index (κ3) is 4.04. The lowest BCUT2D eigenvalue weighted by molar-refractivity contribution is -0.384. The number of nitro groups is 1. The highest BCUT2D eigenvalue weighted by molar-refractivity contribution is 5.93. The molecule has 3 rings (SSSR count). The first-order chi connectivity index (χ1) is 12.5. The van der Waals surface area contributed by atoms with Gasteiger partial charge in [-0.3, -0.25) is 19.7 Å². The van der Waals surface area contributed by atoms with Crippen LogP contribution in [0.4, 0.5) is 11.4 Å². The van der Waals surface area contributed by atoms with Crippen molar-refractivity contribution in [2.24, 2.45) is 0 Å². The smallest absolute Gasteiger partial charge is 0.310 e. The molecule has 0 aliphatic rings. The molecule has 8 heteroatoms. The summed E-state index contributed by atoms with van der Waals surface area (Å²) in [6.45, 7) is -0.468. The highest BCUT2D eigenvalue weighted by Crippen LogP contribution is 2.19. The van der Waals surface area contributed by atoms with Crippen LogP contribution in [0.2, 0.25) is 0 Å². The van der Waals surface area contributed by atoms with E-state index < -0.39 is 23.4 Å². The van der Waals surface area contributed by atoms with Crippen LogP contribution >= 0.6 is 0 Å². The monoisotopic (exact) mass is 353 g/mol. The minimum atomic E-state index is -0.572. The molecule has 0 aliphatic carbocycles. The number of hydrogen-bond acceptors (Lipinski definition) is 5. The van der Waals surface area contributed by atoms with Gasteiger partial charge in [0.05, 0.1) is 11.3 Å². The van der Waals surface area contributed by atoms with E-state index in [9.17, 15) is 19.7 Å². The molecular weight excluding hydrogens is 338 g/mol. The molecule has 0 radical (unpaired) electrons. The Bertz CT molecular complexity index is 980. The Balaban J connectivity index is 1.53. The number of nitro benzene ring substituents is 1. The Hall–Kier alpha value is -3.68. The number of hydrogen-bond donors (Lipinski definition) is 2. The number of ether oxygens (including phenoxy) is 1. The van der Waals surface area contributed by atoms with Crippen LogP contribution in [0.3, 0.4) is 0 Å². The third-order valence-electron chi connectivity index (χ3n) is 3.71. The predicted molar refractivity (Wildman–Crippen MR) is 94.7 cm³/mol. The average molecular weight is 353 g/mol. The quantitative estimate of drug-likeness (QED) is 0.402. The highest BCUT2D eigenvalue weighted by atomic mass is 16.6.